The van der Waals surface area contributed by atoms with Crippen LogP contribution in [0, 0.1) is 5.92 Å². The highest BCUT2D eigenvalue weighted by Crippen LogP contribution is 2.48. The molecule has 1 saturated carbocycles. The lowest BCUT2D eigenvalue weighted by Crippen LogP contribution is -2.44. The molecule has 0 bridgehead atoms. The highest BCUT2D eigenvalue weighted by atomic mass is 19.4. The number of para-hydroxylation sites is 2. The summed E-state index contributed by atoms with van der Waals surface area (Å²) in [5, 5.41) is 2.65. The van der Waals surface area contributed by atoms with Gasteiger partial charge in [0, 0.05) is 24.1 Å². The van der Waals surface area contributed by atoms with Gasteiger partial charge in [-0.1, -0.05) is 12.1 Å². The Balaban J connectivity index is 1.24. The molecule has 2 aromatic carbocycles. The Morgan fingerprint density at radius 2 is 1.84 bits per heavy atom. The average molecular weight is 442 g/mol. The van der Waals surface area contributed by atoms with E-state index in [4.69, 9.17) is 0 Å². The fourth-order valence-electron chi connectivity index (χ4n) is 4.40. The van der Waals surface area contributed by atoms with Crippen molar-refractivity contribution in [2.24, 2.45) is 5.92 Å². The van der Waals surface area contributed by atoms with Crippen LogP contribution in [-0.2, 0) is 15.8 Å². The molecular weight excluding hydrogens is 421 g/mol. The number of amides is 2. The first-order chi connectivity index (χ1) is 15.3. The number of hydrogen-bond acceptors (Lipinski definition) is 3. The molecule has 1 aliphatic heterocycles. The third-order valence-electron chi connectivity index (χ3n) is 6.18. The van der Waals surface area contributed by atoms with E-state index in [1.165, 1.54) is 12.1 Å². The van der Waals surface area contributed by atoms with Gasteiger partial charge in [0.25, 0.3) is 0 Å². The van der Waals surface area contributed by atoms with E-state index in [9.17, 15) is 22.8 Å². The normalized spacial score (nSPS) is 22.8. The summed E-state index contributed by atoms with van der Waals surface area (Å²) in [6.07, 6.45) is -2.51. The molecule has 2 fully saturated rings. The summed E-state index contributed by atoms with van der Waals surface area (Å²) in [4.78, 5) is 35.3. The molecule has 6 nitrogen and oxygen atoms in total. The number of nitrogens with zero attached hydrogens (tertiary/aromatic N) is 2. The van der Waals surface area contributed by atoms with Crippen LogP contribution in [-0.4, -0.2) is 39.3 Å². The molecule has 2 aliphatic rings. The third-order valence-corrected chi connectivity index (χ3v) is 6.18. The SMILES string of the molecule is O=C(Nc1ccc(C(F)(F)F)cc1)[C@@H]1CCCN1C(=O)[C@@H]1C[C@H]1c1nc2ccccc2[nH]1. The molecule has 3 aromatic rings. The van der Waals surface area contributed by atoms with Crippen LogP contribution in [0.3, 0.4) is 0 Å². The molecule has 1 saturated heterocycles. The second-order valence-electron chi connectivity index (χ2n) is 8.34. The highest BCUT2D eigenvalue weighted by Gasteiger charge is 2.50. The van der Waals surface area contributed by atoms with Crippen molar-refractivity contribution in [3.8, 4) is 0 Å². The first kappa shape index (κ1) is 20.5. The van der Waals surface area contributed by atoms with Crippen molar-refractivity contribution >= 4 is 28.5 Å². The fraction of sp³-hybridized carbons (Fsp3) is 0.348. The topological polar surface area (TPSA) is 78.1 Å². The number of carbonyl (C=O) groups is 2. The Morgan fingerprint density at radius 1 is 1.09 bits per heavy atom. The second-order valence-corrected chi connectivity index (χ2v) is 8.34. The molecule has 166 valence electrons. The van der Waals surface area contributed by atoms with Crippen molar-refractivity contribution in [2.75, 3.05) is 11.9 Å². The number of likely N-dealkylation sites (tertiary alicyclic amines) is 1. The van der Waals surface area contributed by atoms with Crippen LogP contribution in [0.5, 0.6) is 0 Å². The van der Waals surface area contributed by atoms with E-state index in [1.54, 1.807) is 4.90 Å². The predicted molar refractivity (Wildman–Crippen MR) is 112 cm³/mol. The first-order valence-corrected chi connectivity index (χ1v) is 10.5. The van der Waals surface area contributed by atoms with Gasteiger partial charge in [-0.3, -0.25) is 9.59 Å². The number of halogens is 3. The number of rotatable bonds is 4. The van der Waals surface area contributed by atoms with Crippen LogP contribution in [0.25, 0.3) is 11.0 Å². The quantitative estimate of drug-likeness (QED) is 0.632. The average Bonchev–Trinajstić information content (AvgIpc) is 3.20. The van der Waals surface area contributed by atoms with E-state index in [-0.39, 0.29) is 29.3 Å². The van der Waals surface area contributed by atoms with Gasteiger partial charge >= 0.3 is 6.18 Å². The Labute approximate surface area is 181 Å². The zero-order valence-corrected chi connectivity index (χ0v) is 17.0. The van der Waals surface area contributed by atoms with Gasteiger partial charge in [0.15, 0.2) is 0 Å². The van der Waals surface area contributed by atoms with Crippen LogP contribution in [0.1, 0.15) is 36.6 Å². The monoisotopic (exact) mass is 442 g/mol. The second kappa shape index (κ2) is 7.65. The molecule has 2 heterocycles. The van der Waals surface area contributed by atoms with Gasteiger partial charge in [-0.05, 0) is 55.7 Å². The van der Waals surface area contributed by atoms with Gasteiger partial charge < -0.3 is 15.2 Å². The van der Waals surface area contributed by atoms with E-state index in [2.05, 4.69) is 15.3 Å². The number of hydrogen-bond donors (Lipinski definition) is 2. The molecule has 5 rings (SSSR count). The Kier molecular flexibility index (Phi) is 4.91. The van der Waals surface area contributed by atoms with E-state index in [0.29, 0.717) is 25.8 Å². The highest BCUT2D eigenvalue weighted by molar-refractivity contribution is 5.98. The van der Waals surface area contributed by atoms with Gasteiger partial charge in [-0.25, -0.2) is 4.98 Å². The summed E-state index contributed by atoms with van der Waals surface area (Å²) < 4.78 is 38.2. The maximum absolute atomic E-state index is 13.1. The maximum Gasteiger partial charge on any atom is 0.416 e. The van der Waals surface area contributed by atoms with Crippen molar-refractivity contribution < 1.29 is 22.8 Å². The van der Waals surface area contributed by atoms with Gasteiger partial charge in [0.05, 0.1) is 16.6 Å². The lowest BCUT2D eigenvalue weighted by molar-refractivity contribution is -0.138. The predicted octanol–water partition coefficient (Wildman–Crippen LogP) is 4.31. The molecule has 3 atom stereocenters. The van der Waals surface area contributed by atoms with Gasteiger partial charge in [0.2, 0.25) is 11.8 Å². The van der Waals surface area contributed by atoms with E-state index >= 15 is 0 Å². The fourth-order valence-corrected chi connectivity index (χ4v) is 4.40. The van der Waals surface area contributed by atoms with Crippen molar-refractivity contribution in [1.82, 2.24) is 14.9 Å². The molecule has 1 aromatic heterocycles. The van der Waals surface area contributed by atoms with Gasteiger partial charge in [0.1, 0.15) is 11.9 Å². The molecule has 32 heavy (non-hydrogen) atoms. The Hall–Kier alpha value is -3.36. The molecule has 2 N–H and O–H groups in total. The van der Waals surface area contributed by atoms with Gasteiger partial charge in [-0.2, -0.15) is 13.2 Å². The zero-order chi connectivity index (χ0) is 22.5. The minimum absolute atomic E-state index is 0.00845. The van der Waals surface area contributed by atoms with Crippen LogP contribution < -0.4 is 5.32 Å². The van der Waals surface area contributed by atoms with E-state index in [0.717, 1.165) is 29.0 Å². The van der Waals surface area contributed by atoms with Crippen LogP contribution in [0.4, 0.5) is 18.9 Å². The standard InChI is InChI=1S/C23H21F3N4O2/c24-23(25,26)13-7-9-14(10-8-13)27-21(31)19-6-3-11-30(19)22(32)16-12-15(16)20-28-17-4-1-2-5-18(17)29-20/h1-2,4-5,7-10,15-16,19H,3,6,11-12H2,(H,27,31)(H,28,29)/t15-,16-,19+/m1/s1. The summed E-state index contributed by atoms with van der Waals surface area (Å²) in [6.45, 7) is 0.493. The van der Waals surface area contributed by atoms with Crippen molar-refractivity contribution in [3.05, 3.63) is 59.9 Å². The Morgan fingerprint density at radius 3 is 2.56 bits per heavy atom. The lowest BCUT2D eigenvalue weighted by Gasteiger charge is -2.24. The van der Waals surface area contributed by atoms with Crippen molar-refractivity contribution in [3.63, 3.8) is 0 Å². The molecule has 0 unspecified atom stereocenters. The summed E-state index contributed by atoms with van der Waals surface area (Å²) in [7, 11) is 0. The molecule has 2 amide bonds. The van der Waals surface area contributed by atoms with Crippen LogP contribution >= 0.6 is 0 Å². The van der Waals surface area contributed by atoms with Gasteiger partial charge in [-0.15, -0.1) is 0 Å². The Bertz CT molecular complexity index is 1140. The number of aromatic nitrogens is 2. The minimum Gasteiger partial charge on any atom is -0.342 e. The number of carbonyl (C=O) groups excluding carboxylic acids is 2. The third kappa shape index (κ3) is 3.83. The largest absolute Gasteiger partial charge is 0.416 e. The summed E-state index contributed by atoms with van der Waals surface area (Å²) >= 11 is 0. The number of fused-ring (bicyclic) bond motifs is 1. The van der Waals surface area contributed by atoms with E-state index < -0.39 is 17.8 Å². The number of imidazole rings is 1. The smallest absolute Gasteiger partial charge is 0.342 e. The minimum atomic E-state index is -4.43. The van der Waals surface area contributed by atoms with Crippen molar-refractivity contribution in [1.29, 1.82) is 0 Å². The summed E-state index contributed by atoms with van der Waals surface area (Å²) in [5.74, 6) is 0.135. The summed E-state index contributed by atoms with van der Waals surface area (Å²) in [6, 6.07) is 11.4. The molecule has 1 aliphatic carbocycles. The van der Waals surface area contributed by atoms with Crippen LogP contribution in [0.2, 0.25) is 0 Å². The summed E-state index contributed by atoms with van der Waals surface area (Å²) in [5.41, 5.74) is 1.28. The maximum atomic E-state index is 13.1. The molecule has 0 radical (unpaired) electrons. The van der Waals surface area contributed by atoms with E-state index in [1.807, 2.05) is 24.3 Å². The number of H-pyrrole nitrogens is 1. The first-order valence-electron chi connectivity index (χ1n) is 10.5. The number of benzene rings is 2. The molecular formula is C23H21F3N4O2. The number of anilines is 1. The number of alkyl halides is 3. The molecule has 0 spiro atoms. The van der Waals surface area contributed by atoms with Crippen molar-refractivity contribution in [2.45, 2.75) is 37.4 Å². The number of nitrogens with one attached hydrogen (secondary N) is 2. The molecule has 9 heteroatoms. The number of aromatic amines is 1. The lowest BCUT2D eigenvalue weighted by atomic mass is 10.1. The van der Waals surface area contributed by atoms with Crippen LogP contribution in [0.15, 0.2) is 48.5 Å². The zero-order valence-electron chi connectivity index (χ0n) is 17.0.